The predicted octanol–water partition coefficient (Wildman–Crippen LogP) is 0.265. The van der Waals surface area contributed by atoms with Crippen molar-refractivity contribution in [2.75, 3.05) is 7.11 Å². The van der Waals surface area contributed by atoms with Gasteiger partial charge in [0.25, 0.3) is 0 Å². The summed E-state index contributed by atoms with van der Waals surface area (Å²) in [5, 5.41) is 0. The smallest absolute Gasteiger partial charge is 0.337 e. The lowest BCUT2D eigenvalue weighted by Gasteiger charge is -2.01. The maximum Gasteiger partial charge on any atom is 0.337 e. The van der Waals surface area contributed by atoms with Crippen molar-refractivity contribution in [2.45, 2.75) is 11.4 Å². The molecule has 1 aromatic rings. The predicted molar refractivity (Wildman–Crippen MR) is 51.8 cm³/mol. The third-order valence-corrected chi connectivity index (χ3v) is 3.71. The number of benzene rings is 1. The van der Waals surface area contributed by atoms with E-state index >= 15 is 0 Å². The number of sulfonamides is 1. The van der Waals surface area contributed by atoms with Gasteiger partial charge in [-0.3, -0.25) is 0 Å². The number of carbonyl (C=O) groups is 1. The van der Waals surface area contributed by atoms with Crippen molar-refractivity contribution >= 4 is 16.0 Å². The summed E-state index contributed by atoms with van der Waals surface area (Å²) in [4.78, 5) is 11.3. The van der Waals surface area contributed by atoms with Crippen LogP contribution in [0.25, 0.3) is 0 Å². The summed E-state index contributed by atoms with van der Waals surface area (Å²) >= 11 is 0. The lowest BCUT2D eigenvalue weighted by molar-refractivity contribution is 0.0600. The molecule has 0 atom stereocenters. The Morgan fingerprint density at radius 3 is 2.87 bits per heavy atom. The van der Waals surface area contributed by atoms with Gasteiger partial charge in [-0.1, -0.05) is 6.07 Å². The van der Waals surface area contributed by atoms with Crippen molar-refractivity contribution in [3.8, 4) is 0 Å². The average Bonchev–Trinajstić information content (AvgIpc) is 2.53. The van der Waals surface area contributed by atoms with Gasteiger partial charge < -0.3 is 4.74 Å². The third kappa shape index (κ3) is 1.62. The van der Waals surface area contributed by atoms with Gasteiger partial charge in [-0.05, 0) is 17.7 Å². The molecule has 0 fully saturated rings. The number of hydrogen-bond acceptors (Lipinski definition) is 4. The highest BCUT2D eigenvalue weighted by molar-refractivity contribution is 7.89. The Hall–Kier alpha value is -1.40. The molecule has 2 rings (SSSR count). The van der Waals surface area contributed by atoms with Gasteiger partial charge in [-0.2, -0.15) is 0 Å². The molecule has 1 N–H and O–H groups in total. The van der Waals surface area contributed by atoms with Crippen LogP contribution >= 0.6 is 0 Å². The highest BCUT2D eigenvalue weighted by atomic mass is 32.2. The molecule has 0 unspecified atom stereocenters. The standard InChI is InChI=1S/C9H9NO4S/c1-14-9(11)6-2-3-7-5-10-15(12,13)8(7)4-6/h2-4,10H,5H2,1H3. The van der Waals surface area contributed by atoms with Gasteiger partial charge in [-0.25, -0.2) is 17.9 Å². The Balaban J connectivity index is 2.56. The largest absolute Gasteiger partial charge is 0.465 e. The van der Waals surface area contributed by atoms with Gasteiger partial charge in [0.05, 0.1) is 17.6 Å². The number of esters is 1. The molecule has 5 nitrogen and oxygen atoms in total. The molecule has 1 heterocycles. The van der Waals surface area contributed by atoms with Gasteiger partial charge in [0.1, 0.15) is 0 Å². The number of ether oxygens (including phenoxy) is 1. The van der Waals surface area contributed by atoms with Crippen LogP contribution in [-0.4, -0.2) is 21.5 Å². The fraction of sp³-hybridized carbons (Fsp3) is 0.222. The molecule has 15 heavy (non-hydrogen) atoms. The minimum Gasteiger partial charge on any atom is -0.465 e. The van der Waals surface area contributed by atoms with E-state index in [1.165, 1.54) is 13.2 Å². The number of rotatable bonds is 1. The van der Waals surface area contributed by atoms with Crippen LogP contribution in [0.4, 0.5) is 0 Å². The van der Waals surface area contributed by atoms with Crippen LogP contribution in [-0.2, 0) is 21.3 Å². The summed E-state index contributed by atoms with van der Waals surface area (Å²) in [6.07, 6.45) is 0. The molecule has 0 saturated carbocycles. The van der Waals surface area contributed by atoms with Crippen molar-refractivity contribution in [1.82, 2.24) is 4.72 Å². The summed E-state index contributed by atoms with van der Waals surface area (Å²) < 4.78 is 29.8. The highest BCUT2D eigenvalue weighted by Crippen LogP contribution is 2.23. The van der Waals surface area contributed by atoms with Crippen molar-refractivity contribution in [3.05, 3.63) is 29.3 Å². The zero-order valence-electron chi connectivity index (χ0n) is 7.98. The Morgan fingerprint density at radius 1 is 1.47 bits per heavy atom. The minimum absolute atomic E-state index is 0.158. The molecule has 0 aliphatic carbocycles. The lowest BCUT2D eigenvalue weighted by atomic mass is 10.1. The summed E-state index contributed by atoms with van der Waals surface area (Å²) in [5.74, 6) is -0.542. The van der Waals surface area contributed by atoms with Crippen LogP contribution < -0.4 is 4.72 Å². The minimum atomic E-state index is -3.43. The molecule has 6 heteroatoms. The second kappa shape index (κ2) is 3.32. The first kappa shape index (κ1) is 10.1. The Labute approximate surface area is 87.1 Å². The van der Waals surface area contributed by atoms with Crippen LogP contribution in [0, 0.1) is 0 Å². The van der Waals surface area contributed by atoms with Gasteiger partial charge in [0.15, 0.2) is 0 Å². The fourth-order valence-electron chi connectivity index (χ4n) is 1.45. The Kier molecular flexibility index (Phi) is 2.24. The molecule has 0 aromatic heterocycles. The van der Waals surface area contributed by atoms with Gasteiger partial charge >= 0.3 is 5.97 Å². The van der Waals surface area contributed by atoms with E-state index in [9.17, 15) is 13.2 Å². The number of fused-ring (bicyclic) bond motifs is 1. The highest BCUT2D eigenvalue weighted by Gasteiger charge is 2.26. The van der Waals surface area contributed by atoms with E-state index in [1.807, 2.05) is 0 Å². The molecule has 0 saturated heterocycles. The molecule has 0 amide bonds. The average molecular weight is 227 g/mol. The topological polar surface area (TPSA) is 72.5 Å². The third-order valence-electron chi connectivity index (χ3n) is 2.23. The lowest BCUT2D eigenvalue weighted by Crippen LogP contribution is -2.14. The molecule has 1 aromatic carbocycles. The molecular formula is C9H9NO4S. The van der Waals surface area contributed by atoms with Gasteiger partial charge in [0, 0.05) is 6.54 Å². The summed E-state index contributed by atoms with van der Waals surface area (Å²) in [6, 6.07) is 4.49. The molecule has 1 aliphatic rings. The monoisotopic (exact) mass is 227 g/mol. The van der Waals surface area contributed by atoms with Gasteiger partial charge in [0.2, 0.25) is 10.0 Å². The van der Waals surface area contributed by atoms with Crippen LogP contribution in [0.15, 0.2) is 23.1 Å². The second-order valence-corrected chi connectivity index (χ2v) is 4.87. The molecule has 0 radical (unpaired) electrons. The second-order valence-electron chi connectivity index (χ2n) is 3.14. The van der Waals surface area contributed by atoms with E-state index in [-0.39, 0.29) is 17.0 Å². The van der Waals surface area contributed by atoms with Crippen LogP contribution in [0.2, 0.25) is 0 Å². The van der Waals surface area contributed by atoms with E-state index in [0.29, 0.717) is 5.56 Å². The number of methoxy groups -OCH3 is 1. The summed E-state index contributed by atoms with van der Waals surface area (Å²) in [5.41, 5.74) is 0.908. The molecule has 0 bridgehead atoms. The van der Waals surface area contributed by atoms with Crippen molar-refractivity contribution in [1.29, 1.82) is 0 Å². The maximum absolute atomic E-state index is 11.5. The van der Waals surface area contributed by atoms with Crippen LogP contribution in [0.3, 0.4) is 0 Å². The van der Waals surface area contributed by atoms with Crippen LogP contribution in [0.5, 0.6) is 0 Å². The van der Waals surface area contributed by atoms with Gasteiger partial charge in [-0.15, -0.1) is 0 Å². The first-order valence-electron chi connectivity index (χ1n) is 4.25. The van der Waals surface area contributed by atoms with E-state index in [2.05, 4.69) is 9.46 Å². The van der Waals surface area contributed by atoms with E-state index < -0.39 is 16.0 Å². The number of hydrogen-bond donors (Lipinski definition) is 1. The number of carbonyl (C=O) groups excluding carboxylic acids is 1. The molecule has 0 spiro atoms. The van der Waals surface area contributed by atoms with Crippen molar-refractivity contribution in [2.24, 2.45) is 0 Å². The quantitative estimate of drug-likeness (QED) is 0.699. The maximum atomic E-state index is 11.5. The first-order chi connectivity index (χ1) is 7.04. The van der Waals surface area contributed by atoms with Crippen LogP contribution in [0.1, 0.15) is 15.9 Å². The van der Waals surface area contributed by atoms with Crippen molar-refractivity contribution < 1.29 is 17.9 Å². The van der Waals surface area contributed by atoms with E-state index in [1.54, 1.807) is 12.1 Å². The molecule has 80 valence electrons. The molecular weight excluding hydrogens is 218 g/mol. The van der Waals surface area contributed by atoms with E-state index in [4.69, 9.17) is 0 Å². The summed E-state index contributed by atoms with van der Waals surface area (Å²) in [6.45, 7) is 0.277. The zero-order valence-corrected chi connectivity index (χ0v) is 8.80. The SMILES string of the molecule is COC(=O)c1ccc2c(c1)S(=O)(=O)NC2. The first-order valence-corrected chi connectivity index (χ1v) is 5.74. The normalized spacial score (nSPS) is 17.1. The van der Waals surface area contributed by atoms with E-state index in [0.717, 1.165) is 0 Å². The zero-order chi connectivity index (χ0) is 11.1. The number of nitrogens with one attached hydrogen (secondary N) is 1. The molecule has 1 aliphatic heterocycles. The fourth-order valence-corrected chi connectivity index (χ4v) is 2.71. The Morgan fingerprint density at radius 2 is 2.20 bits per heavy atom. The van der Waals surface area contributed by atoms with Crippen molar-refractivity contribution in [3.63, 3.8) is 0 Å². The Bertz CT molecular complexity index is 521. The summed E-state index contributed by atoms with van der Waals surface area (Å²) in [7, 11) is -2.18.